The number of likely N-dealkylation sites (tertiary alicyclic amines) is 1. The average Bonchev–Trinajstić information content (AvgIpc) is 3.23. The highest BCUT2D eigenvalue weighted by atomic mass is 19.1. The van der Waals surface area contributed by atoms with Gasteiger partial charge in [0.1, 0.15) is 11.6 Å². The number of hydrogen-bond donors (Lipinski definition) is 0. The highest BCUT2D eigenvalue weighted by molar-refractivity contribution is 5.79. The molecular formula is C23H24FN3O3. The molecule has 3 aromatic rings. The molecule has 0 spiro atoms. The molecule has 2 heterocycles. The van der Waals surface area contributed by atoms with Gasteiger partial charge in [0.2, 0.25) is 17.6 Å². The van der Waals surface area contributed by atoms with Crippen molar-refractivity contribution in [2.24, 2.45) is 5.92 Å². The summed E-state index contributed by atoms with van der Waals surface area (Å²) in [7, 11) is 1.62. The molecule has 1 aromatic heterocycles. The van der Waals surface area contributed by atoms with Crippen LogP contribution in [0.3, 0.4) is 0 Å². The van der Waals surface area contributed by atoms with Crippen molar-refractivity contribution < 1.29 is 18.4 Å². The van der Waals surface area contributed by atoms with E-state index >= 15 is 0 Å². The lowest BCUT2D eigenvalue weighted by Gasteiger charge is -2.31. The number of hydrogen-bond acceptors (Lipinski definition) is 5. The van der Waals surface area contributed by atoms with Gasteiger partial charge in [-0.25, -0.2) is 4.39 Å². The van der Waals surface area contributed by atoms with Gasteiger partial charge in [0.05, 0.1) is 13.5 Å². The second kappa shape index (κ2) is 9.07. The smallest absolute Gasteiger partial charge is 0.227 e. The summed E-state index contributed by atoms with van der Waals surface area (Å²) in [4.78, 5) is 19.0. The minimum atomic E-state index is -0.297. The first-order valence-corrected chi connectivity index (χ1v) is 10.1. The zero-order valence-corrected chi connectivity index (χ0v) is 16.9. The van der Waals surface area contributed by atoms with Crippen LogP contribution in [0.4, 0.5) is 4.39 Å². The van der Waals surface area contributed by atoms with Gasteiger partial charge in [-0.1, -0.05) is 23.4 Å². The molecule has 6 nitrogen and oxygen atoms in total. The third kappa shape index (κ3) is 4.67. The van der Waals surface area contributed by atoms with Crippen LogP contribution in [0.25, 0.3) is 11.4 Å². The lowest BCUT2D eigenvalue weighted by Crippen LogP contribution is -2.39. The van der Waals surface area contributed by atoms with Gasteiger partial charge in [-0.3, -0.25) is 4.79 Å². The fourth-order valence-electron chi connectivity index (χ4n) is 3.81. The van der Waals surface area contributed by atoms with Gasteiger partial charge >= 0.3 is 0 Å². The first-order chi connectivity index (χ1) is 14.6. The Kier molecular flexibility index (Phi) is 6.07. The predicted octanol–water partition coefficient (Wildman–Crippen LogP) is 3.91. The lowest BCUT2D eigenvalue weighted by molar-refractivity contribution is -0.131. The normalized spacial score (nSPS) is 14.7. The summed E-state index contributed by atoms with van der Waals surface area (Å²) < 4.78 is 23.8. The van der Waals surface area contributed by atoms with E-state index < -0.39 is 0 Å². The third-order valence-electron chi connectivity index (χ3n) is 5.54. The van der Waals surface area contributed by atoms with Crippen LogP contribution in [0.2, 0.25) is 0 Å². The molecule has 2 aromatic carbocycles. The lowest BCUT2D eigenvalue weighted by atomic mass is 9.93. The number of para-hydroxylation sites is 1. The second-order valence-corrected chi connectivity index (χ2v) is 7.54. The molecule has 0 aliphatic carbocycles. The molecule has 0 N–H and O–H groups in total. The largest absolute Gasteiger partial charge is 0.496 e. The average molecular weight is 409 g/mol. The topological polar surface area (TPSA) is 68.5 Å². The van der Waals surface area contributed by atoms with Gasteiger partial charge in [-0.2, -0.15) is 4.98 Å². The molecule has 0 saturated carbocycles. The number of carbonyl (C=O) groups excluding carboxylic acids is 1. The van der Waals surface area contributed by atoms with Crippen LogP contribution in [0.1, 0.15) is 24.3 Å². The van der Waals surface area contributed by atoms with Crippen molar-refractivity contribution in [3.05, 3.63) is 65.8 Å². The predicted molar refractivity (Wildman–Crippen MR) is 109 cm³/mol. The Morgan fingerprint density at radius 3 is 2.63 bits per heavy atom. The number of methoxy groups -OCH3 is 1. The first-order valence-electron chi connectivity index (χ1n) is 10.1. The fourth-order valence-corrected chi connectivity index (χ4v) is 3.81. The van der Waals surface area contributed by atoms with Crippen LogP contribution in [-0.4, -0.2) is 41.1 Å². The molecule has 1 aliphatic heterocycles. The van der Waals surface area contributed by atoms with E-state index in [2.05, 4.69) is 10.1 Å². The molecule has 0 atom stereocenters. The van der Waals surface area contributed by atoms with Crippen molar-refractivity contribution in [3.63, 3.8) is 0 Å². The molecule has 0 bridgehead atoms. The monoisotopic (exact) mass is 409 g/mol. The molecule has 30 heavy (non-hydrogen) atoms. The Hall–Kier alpha value is -3.22. The van der Waals surface area contributed by atoms with Gasteiger partial charge in [0, 0.05) is 30.6 Å². The number of rotatable bonds is 6. The third-order valence-corrected chi connectivity index (χ3v) is 5.54. The second-order valence-electron chi connectivity index (χ2n) is 7.54. The molecule has 156 valence electrons. The molecule has 1 saturated heterocycles. The molecule has 1 aliphatic rings. The van der Waals surface area contributed by atoms with Crippen molar-refractivity contribution in [3.8, 4) is 17.1 Å². The number of piperidine rings is 1. The Morgan fingerprint density at radius 1 is 1.17 bits per heavy atom. The summed E-state index contributed by atoms with van der Waals surface area (Å²) >= 11 is 0. The van der Waals surface area contributed by atoms with E-state index in [1.807, 2.05) is 29.2 Å². The summed E-state index contributed by atoms with van der Waals surface area (Å²) in [6, 6.07) is 13.6. The van der Waals surface area contributed by atoms with E-state index in [4.69, 9.17) is 9.26 Å². The SMILES string of the molecule is COc1ccccc1CC(=O)N1CCC(Cc2nc(-c3ccc(F)cc3)no2)CC1. The van der Waals surface area contributed by atoms with Gasteiger partial charge in [-0.15, -0.1) is 0 Å². The Morgan fingerprint density at radius 2 is 1.90 bits per heavy atom. The van der Waals surface area contributed by atoms with E-state index in [1.54, 1.807) is 19.2 Å². The number of nitrogens with zero attached hydrogens (tertiary/aromatic N) is 3. The summed E-state index contributed by atoms with van der Waals surface area (Å²) in [5.74, 6) is 2.00. The number of benzene rings is 2. The van der Waals surface area contributed by atoms with Crippen LogP contribution in [0.5, 0.6) is 5.75 Å². The molecule has 0 unspecified atom stereocenters. The molecule has 0 radical (unpaired) electrons. The Labute approximate surface area is 174 Å². The number of carbonyl (C=O) groups is 1. The van der Waals surface area contributed by atoms with E-state index in [0.29, 0.717) is 30.5 Å². The first kappa shape index (κ1) is 20.1. The van der Waals surface area contributed by atoms with Crippen molar-refractivity contribution in [1.82, 2.24) is 15.0 Å². The van der Waals surface area contributed by atoms with Crippen molar-refractivity contribution in [1.29, 1.82) is 0 Å². The summed E-state index contributed by atoms with van der Waals surface area (Å²) in [5, 5.41) is 4.00. The van der Waals surface area contributed by atoms with E-state index in [1.165, 1.54) is 12.1 Å². The number of aromatic nitrogens is 2. The maximum absolute atomic E-state index is 13.1. The Balaban J connectivity index is 1.29. The molecule has 7 heteroatoms. The highest BCUT2D eigenvalue weighted by Crippen LogP contribution is 2.24. The van der Waals surface area contributed by atoms with Gasteiger partial charge in [0.15, 0.2) is 0 Å². The molecule has 4 rings (SSSR count). The van der Waals surface area contributed by atoms with Gasteiger partial charge < -0.3 is 14.2 Å². The van der Waals surface area contributed by atoms with E-state index in [-0.39, 0.29) is 11.7 Å². The zero-order valence-electron chi connectivity index (χ0n) is 16.9. The van der Waals surface area contributed by atoms with Gasteiger partial charge in [-0.05, 0) is 49.1 Å². The minimum Gasteiger partial charge on any atom is -0.496 e. The van der Waals surface area contributed by atoms with Crippen molar-refractivity contribution in [2.75, 3.05) is 20.2 Å². The standard InChI is InChI=1S/C23H24FN3O3/c1-29-20-5-3-2-4-18(20)15-22(28)27-12-10-16(11-13-27)14-21-25-23(26-30-21)17-6-8-19(24)9-7-17/h2-9,16H,10-15H2,1H3. The highest BCUT2D eigenvalue weighted by Gasteiger charge is 2.25. The molecular weight excluding hydrogens is 385 g/mol. The van der Waals surface area contributed by atoms with Crippen LogP contribution in [0, 0.1) is 11.7 Å². The van der Waals surface area contributed by atoms with Crippen LogP contribution < -0.4 is 4.74 Å². The van der Waals surface area contributed by atoms with Gasteiger partial charge in [0.25, 0.3) is 0 Å². The number of amides is 1. The fraction of sp³-hybridized carbons (Fsp3) is 0.348. The maximum Gasteiger partial charge on any atom is 0.227 e. The van der Waals surface area contributed by atoms with Crippen molar-refractivity contribution in [2.45, 2.75) is 25.7 Å². The van der Waals surface area contributed by atoms with Crippen LogP contribution >= 0.6 is 0 Å². The maximum atomic E-state index is 13.1. The quantitative estimate of drug-likeness (QED) is 0.618. The zero-order chi connectivity index (χ0) is 20.9. The molecule has 1 fully saturated rings. The van der Waals surface area contributed by atoms with E-state index in [9.17, 15) is 9.18 Å². The van der Waals surface area contributed by atoms with E-state index in [0.717, 1.165) is 42.8 Å². The van der Waals surface area contributed by atoms with Crippen LogP contribution in [-0.2, 0) is 17.6 Å². The molecule has 1 amide bonds. The van der Waals surface area contributed by atoms with Crippen molar-refractivity contribution >= 4 is 5.91 Å². The minimum absolute atomic E-state index is 0.120. The summed E-state index contributed by atoms with van der Waals surface area (Å²) in [6.07, 6.45) is 2.82. The summed E-state index contributed by atoms with van der Waals surface area (Å²) in [6.45, 7) is 1.44. The van der Waals surface area contributed by atoms with Crippen LogP contribution in [0.15, 0.2) is 53.1 Å². The number of ether oxygens (including phenoxy) is 1. The number of halogens is 1. The Bertz CT molecular complexity index is 995. The summed E-state index contributed by atoms with van der Waals surface area (Å²) in [5.41, 5.74) is 1.63.